The molecule has 0 saturated heterocycles. The first kappa shape index (κ1) is 25.9. The molecule has 0 spiro atoms. The predicted octanol–water partition coefficient (Wildman–Crippen LogP) is 1.78. The second-order valence-corrected chi connectivity index (χ2v) is 9.47. The quantitative estimate of drug-likeness (QED) is 0.499. The molecule has 1 aliphatic heterocycles. The molecule has 3 aromatic rings. The van der Waals surface area contributed by atoms with Gasteiger partial charge in [-0.1, -0.05) is 55.5 Å². The Kier molecular flexibility index (Phi) is 8.17. The molecular weight excluding hydrogens is 472 g/mol. The van der Waals surface area contributed by atoms with Crippen LogP contribution in [0.2, 0.25) is 0 Å². The summed E-state index contributed by atoms with van der Waals surface area (Å²) < 4.78 is 7.53. The summed E-state index contributed by atoms with van der Waals surface area (Å²) in [5.41, 5.74) is 2.75. The van der Waals surface area contributed by atoms with Gasteiger partial charge in [-0.25, -0.2) is 4.68 Å². The number of nitrogens with zero attached hydrogens (tertiary/aromatic N) is 3. The van der Waals surface area contributed by atoms with Crippen molar-refractivity contribution < 1.29 is 19.1 Å². The van der Waals surface area contributed by atoms with Crippen LogP contribution in [0, 0.1) is 12.8 Å². The zero-order valence-corrected chi connectivity index (χ0v) is 21.2. The van der Waals surface area contributed by atoms with Gasteiger partial charge in [-0.05, 0) is 36.1 Å². The molecule has 37 heavy (non-hydrogen) atoms. The molecule has 4 rings (SSSR count). The highest BCUT2D eigenvalue weighted by Gasteiger charge is 2.29. The Labute approximate surface area is 215 Å². The van der Waals surface area contributed by atoms with Gasteiger partial charge in [-0.3, -0.25) is 14.4 Å². The lowest BCUT2D eigenvalue weighted by molar-refractivity contribution is -0.130. The van der Waals surface area contributed by atoms with Crippen LogP contribution in [0.25, 0.3) is 0 Å². The van der Waals surface area contributed by atoms with E-state index in [0.717, 1.165) is 11.1 Å². The molecule has 0 radical (unpaired) electrons. The van der Waals surface area contributed by atoms with Gasteiger partial charge >= 0.3 is 0 Å². The molecule has 10 nitrogen and oxygen atoms in total. The molecule has 3 amide bonds. The topological polar surface area (TPSA) is 127 Å². The van der Waals surface area contributed by atoms with E-state index in [1.165, 1.54) is 0 Å². The zero-order valence-electron chi connectivity index (χ0n) is 21.2. The summed E-state index contributed by atoms with van der Waals surface area (Å²) in [4.78, 5) is 39.7. The van der Waals surface area contributed by atoms with Crippen molar-refractivity contribution in [2.24, 2.45) is 5.92 Å². The average molecular weight is 505 g/mol. The van der Waals surface area contributed by atoms with Crippen molar-refractivity contribution in [1.82, 2.24) is 30.9 Å². The van der Waals surface area contributed by atoms with Crippen LogP contribution in [0.3, 0.4) is 0 Å². The fourth-order valence-corrected chi connectivity index (χ4v) is 4.06. The predicted molar refractivity (Wildman–Crippen MR) is 137 cm³/mol. The summed E-state index contributed by atoms with van der Waals surface area (Å²) in [6.07, 6.45) is 2.03. The fourth-order valence-electron chi connectivity index (χ4n) is 4.06. The van der Waals surface area contributed by atoms with Gasteiger partial charge in [-0.2, -0.15) is 0 Å². The first-order chi connectivity index (χ1) is 17.8. The van der Waals surface area contributed by atoms with Gasteiger partial charge in [-0.15, -0.1) is 5.10 Å². The molecule has 0 fully saturated rings. The van der Waals surface area contributed by atoms with Crippen LogP contribution in [0.15, 0.2) is 54.7 Å². The fraction of sp³-hybridized carbons (Fsp3) is 0.370. The maximum absolute atomic E-state index is 13.4. The van der Waals surface area contributed by atoms with Gasteiger partial charge in [0.05, 0.1) is 19.3 Å². The second-order valence-electron chi connectivity index (χ2n) is 9.47. The Morgan fingerprint density at radius 3 is 2.59 bits per heavy atom. The van der Waals surface area contributed by atoms with Crippen molar-refractivity contribution in [3.8, 4) is 5.75 Å². The highest BCUT2D eigenvalue weighted by atomic mass is 16.5. The van der Waals surface area contributed by atoms with Crippen molar-refractivity contribution in [2.45, 2.75) is 52.4 Å². The Balaban J connectivity index is 1.64. The molecule has 0 aliphatic carbocycles. The summed E-state index contributed by atoms with van der Waals surface area (Å²) >= 11 is 0. The minimum Gasteiger partial charge on any atom is -0.491 e. The number of ether oxygens (including phenoxy) is 1. The standard InChI is InChI=1S/C27H32N6O4/c1-17(2)24-27(36)29-22(13-19-7-5-4-6-8-19)26(35)28-15-21-16-33(32-31-21)11-12-37-23-14-20(25(34)30-24)10-9-18(23)3/h4-10,14,16-17,22,24H,11-13,15H2,1-3H3,(H,28,35)(H,29,36)(H,30,34)/t22-,24+/m1/s1. The third kappa shape index (κ3) is 6.72. The van der Waals surface area contributed by atoms with E-state index in [2.05, 4.69) is 26.3 Å². The van der Waals surface area contributed by atoms with Crippen LogP contribution < -0.4 is 20.7 Å². The average Bonchev–Trinajstić information content (AvgIpc) is 3.34. The number of aryl methyl sites for hydroxylation is 1. The minimum absolute atomic E-state index is 0.159. The van der Waals surface area contributed by atoms with Gasteiger partial charge in [0.1, 0.15) is 30.1 Å². The number of rotatable bonds is 3. The van der Waals surface area contributed by atoms with Crippen LogP contribution in [0.1, 0.15) is 41.0 Å². The minimum atomic E-state index is -0.846. The molecule has 3 N–H and O–H groups in total. The smallest absolute Gasteiger partial charge is 0.252 e. The SMILES string of the molecule is Cc1ccc2cc1OCCn1cc(nn1)CNC(=O)[C@@H](Cc1ccccc1)NC(=O)[C@H](C(C)C)NC2=O. The second kappa shape index (κ2) is 11.7. The molecule has 4 bridgehead atoms. The number of hydrogen-bond donors (Lipinski definition) is 3. The van der Waals surface area contributed by atoms with Crippen LogP contribution in [-0.4, -0.2) is 51.4 Å². The lowest BCUT2D eigenvalue weighted by Gasteiger charge is -2.25. The first-order valence-electron chi connectivity index (χ1n) is 12.4. The Bertz CT molecular complexity index is 1260. The van der Waals surface area contributed by atoms with Crippen LogP contribution in [0.5, 0.6) is 5.75 Å². The number of nitrogens with one attached hydrogen (secondary N) is 3. The van der Waals surface area contributed by atoms with E-state index in [9.17, 15) is 14.4 Å². The lowest BCUT2D eigenvalue weighted by Crippen LogP contribution is -2.56. The number of aromatic nitrogens is 3. The van der Waals surface area contributed by atoms with Crippen LogP contribution in [0.4, 0.5) is 0 Å². The number of hydrogen-bond acceptors (Lipinski definition) is 6. The largest absolute Gasteiger partial charge is 0.491 e. The van der Waals surface area contributed by atoms with E-state index in [1.54, 1.807) is 29.1 Å². The Morgan fingerprint density at radius 1 is 1.05 bits per heavy atom. The molecule has 0 saturated carbocycles. The van der Waals surface area contributed by atoms with Gasteiger partial charge in [0.2, 0.25) is 11.8 Å². The Morgan fingerprint density at radius 2 is 1.84 bits per heavy atom. The maximum Gasteiger partial charge on any atom is 0.252 e. The monoisotopic (exact) mass is 504 g/mol. The number of carbonyl (C=O) groups is 3. The van der Waals surface area contributed by atoms with Crippen molar-refractivity contribution >= 4 is 17.7 Å². The summed E-state index contributed by atoms with van der Waals surface area (Å²) in [5, 5.41) is 16.8. The van der Waals surface area contributed by atoms with Gasteiger partial charge < -0.3 is 20.7 Å². The normalized spacial score (nSPS) is 19.2. The van der Waals surface area contributed by atoms with E-state index in [-0.39, 0.29) is 18.4 Å². The number of amides is 3. The third-order valence-corrected chi connectivity index (χ3v) is 6.21. The molecule has 1 aliphatic rings. The molecule has 1 aromatic heterocycles. The van der Waals surface area contributed by atoms with Crippen molar-refractivity contribution in [3.63, 3.8) is 0 Å². The van der Waals surface area contributed by atoms with Crippen LogP contribution in [-0.2, 0) is 29.1 Å². The van der Waals surface area contributed by atoms with E-state index in [4.69, 9.17) is 4.74 Å². The Hall–Kier alpha value is -4.21. The molecular formula is C27H32N6O4. The van der Waals surface area contributed by atoms with Gasteiger partial charge in [0, 0.05) is 12.0 Å². The van der Waals surface area contributed by atoms with Crippen molar-refractivity contribution in [2.75, 3.05) is 6.61 Å². The number of fused-ring (bicyclic) bond motifs is 4. The van der Waals surface area contributed by atoms with Crippen LogP contribution >= 0.6 is 0 Å². The van der Waals surface area contributed by atoms with E-state index in [1.807, 2.05) is 51.1 Å². The molecule has 2 heterocycles. The van der Waals surface area contributed by atoms with E-state index in [0.29, 0.717) is 36.6 Å². The summed E-state index contributed by atoms with van der Waals surface area (Å²) in [6, 6.07) is 12.9. The van der Waals surface area contributed by atoms with Crippen molar-refractivity contribution in [3.05, 3.63) is 77.1 Å². The first-order valence-corrected chi connectivity index (χ1v) is 12.4. The highest BCUT2D eigenvalue weighted by Crippen LogP contribution is 2.20. The summed E-state index contributed by atoms with van der Waals surface area (Å²) in [5.74, 6) is -0.825. The molecule has 2 aromatic carbocycles. The number of benzene rings is 2. The molecule has 0 unspecified atom stereocenters. The summed E-state index contributed by atoms with van der Waals surface area (Å²) in [6.45, 7) is 6.50. The van der Waals surface area contributed by atoms with E-state index < -0.39 is 23.9 Å². The lowest BCUT2D eigenvalue weighted by atomic mass is 10.00. The highest BCUT2D eigenvalue weighted by molar-refractivity contribution is 5.98. The molecule has 194 valence electrons. The molecule has 10 heteroatoms. The maximum atomic E-state index is 13.4. The summed E-state index contributed by atoms with van der Waals surface area (Å²) in [7, 11) is 0. The van der Waals surface area contributed by atoms with Gasteiger partial charge in [0.15, 0.2) is 0 Å². The van der Waals surface area contributed by atoms with Gasteiger partial charge in [0.25, 0.3) is 5.91 Å². The third-order valence-electron chi connectivity index (χ3n) is 6.21. The van der Waals surface area contributed by atoms with Crippen molar-refractivity contribution in [1.29, 1.82) is 0 Å². The zero-order chi connectivity index (χ0) is 26.4. The number of carbonyl (C=O) groups excluding carboxylic acids is 3. The molecule has 2 atom stereocenters. The van der Waals surface area contributed by atoms with E-state index >= 15 is 0 Å².